The van der Waals surface area contributed by atoms with E-state index in [1.807, 2.05) is 43.7 Å². The summed E-state index contributed by atoms with van der Waals surface area (Å²) in [5, 5.41) is 17.4. The summed E-state index contributed by atoms with van der Waals surface area (Å²) < 4.78 is 1.80. The van der Waals surface area contributed by atoms with Crippen molar-refractivity contribution in [3.8, 4) is 22.3 Å². The molecule has 1 aliphatic carbocycles. The average Bonchev–Trinajstić information content (AvgIpc) is 3.59. The third-order valence-electron chi connectivity index (χ3n) is 6.61. The molecule has 1 saturated carbocycles. The van der Waals surface area contributed by atoms with Gasteiger partial charge in [0.1, 0.15) is 11.6 Å². The Kier molecular flexibility index (Phi) is 5.84. The maximum atomic E-state index is 11.6. The molecule has 2 aromatic heterocycles. The maximum Gasteiger partial charge on any atom is 0.314 e. The molecule has 0 spiro atoms. The molecule has 2 aromatic carbocycles. The summed E-state index contributed by atoms with van der Waals surface area (Å²) in [5.74, 6) is 1.32. The van der Waals surface area contributed by atoms with Crippen LogP contribution in [0.4, 0.5) is 11.6 Å². The number of hydrogen-bond donors (Lipinski definition) is 2. The second kappa shape index (κ2) is 8.98. The van der Waals surface area contributed by atoms with Crippen molar-refractivity contribution in [1.29, 1.82) is 0 Å². The molecule has 2 N–H and O–H groups in total. The lowest BCUT2D eigenvalue weighted by Crippen LogP contribution is -2.19. The van der Waals surface area contributed by atoms with E-state index in [2.05, 4.69) is 53.5 Å². The summed E-state index contributed by atoms with van der Waals surface area (Å²) in [6, 6.07) is 16.2. The van der Waals surface area contributed by atoms with Gasteiger partial charge in [-0.15, -0.1) is 0 Å². The van der Waals surface area contributed by atoms with Gasteiger partial charge in [-0.25, -0.2) is 4.98 Å². The fraction of sp³-hybridized carbons (Fsp3) is 0.286. The smallest absolute Gasteiger partial charge is 0.314 e. The van der Waals surface area contributed by atoms with E-state index in [4.69, 9.17) is 4.98 Å². The zero-order chi connectivity index (χ0) is 24.6. The predicted molar refractivity (Wildman–Crippen MR) is 136 cm³/mol. The standard InChI is InChI=1S/C28H29N5O2/c1-18(2)14-23-15-29-17-25(31-23)32-26-24(16-30-33(26)3)21-6-4-19(5-7-21)20-8-10-22(11-9-20)28(12-13-28)27(34)35/h4-11,15-18H,12-14H2,1-3H3,(H,31,32)(H,34,35). The van der Waals surface area contributed by atoms with Crippen molar-refractivity contribution in [3.05, 3.63) is 78.4 Å². The number of carboxylic acids is 1. The highest BCUT2D eigenvalue weighted by atomic mass is 16.4. The zero-order valence-electron chi connectivity index (χ0n) is 20.2. The Morgan fingerprint density at radius 2 is 1.63 bits per heavy atom. The third-order valence-corrected chi connectivity index (χ3v) is 6.61. The molecule has 2 heterocycles. The van der Waals surface area contributed by atoms with Gasteiger partial charge >= 0.3 is 5.97 Å². The molecule has 178 valence electrons. The normalized spacial score (nSPS) is 14.2. The number of hydrogen-bond acceptors (Lipinski definition) is 5. The molecule has 5 rings (SSSR count). The summed E-state index contributed by atoms with van der Waals surface area (Å²) in [6.07, 6.45) is 7.69. The van der Waals surface area contributed by atoms with Crippen LogP contribution in [-0.2, 0) is 23.7 Å². The monoisotopic (exact) mass is 467 g/mol. The molecule has 4 aromatic rings. The number of aryl methyl sites for hydroxylation is 1. The first-order valence-corrected chi connectivity index (χ1v) is 11.9. The zero-order valence-corrected chi connectivity index (χ0v) is 20.2. The number of aromatic nitrogens is 4. The fourth-order valence-corrected chi connectivity index (χ4v) is 4.48. The van der Waals surface area contributed by atoms with Crippen molar-refractivity contribution >= 4 is 17.6 Å². The van der Waals surface area contributed by atoms with E-state index in [-0.39, 0.29) is 0 Å². The van der Waals surface area contributed by atoms with Crippen LogP contribution in [0.2, 0.25) is 0 Å². The van der Waals surface area contributed by atoms with E-state index < -0.39 is 11.4 Å². The maximum absolute atomic E-state index is 11.6. The van der Waals surface area contributed by atoms with E-state index in [1.54, 1.807) is 10.9 Å². The average molecular weight is 468 g/mol. The lowest BCUT2D eigenvalue weighted by Gasteiger charge is -2.12. The first kappa shape index (κ1) is 22.8. The third kappa shape index (κ3) is 4.54. The van der Waals surface area contributed by atoms with Gasteiger partial charge < -0.3 is 10.4 Å². The minimum absolute atomic E-state index is 0.508. The Morgan fingerprint density at radius 3 is 2.23 bits per heavy atom. The number of rotatable bonds is 8. The minimum Gasteiger partial charge on any atom is -0.481 e. The van der Waals surface area contributed by atoms with Crippen LogP contribution in [0, 0.1) is 5.92 Å². The molecular weight excluding hydrogens is 438 g/mol. The van der Waals surface area contributed by atoms with Gasteiger partial charge in [0.25, 0.3) is 0 Å². The predicted octanol–water partition coefficient (Wildman–Crippen LogP) is 5.60. The summed E-state index contributed by atoms with van der Waals surface area (Å²) in [5.41, 5.74) is 5.31. The van der Waals surface area contributed by atoms with Gasteiger partial charge in [0, 0.05) is 18.8 Å². The summed E-state index contributed by atoms with van der Waals surface area (Å²) in [4.78, 5) is 20.6. The molecule has 0 amide bonds. The number of anilines is 2. The molecule has 0 radical (unpaired) electrons. The van der Waals surface area contributed by atoms with Crippen LogP contribution < -0.4 is 5.32 Å². The second-order valence-electron chi connectivity index (χ2n) is 9.69. The molecule has 0 atom stereocenters. The van der Waals surface area contributed by atoms with Gasteiger partial charge in [-0.1, -0.05) is 62.4 Å². The highest BCUT2D eigenvalue weighted by Crippen LogP contribution is 2.48. The molecular formula is C28H29N5O2. The fourth-order valence-electron chi connectivity index (χ4n) is 4.48. The Labute approximate surface area is 204 Å². The highest BCUT2D eigenvalue weighted by Gasteiger charge is 2.51. The number of aliphatic carboxylic acids is 1. The molecule has 35 heavy (non-hydrogen) atoms. The molecule has 0 aliphatic heterocycles. The van der Waals surface area contributed by atoms with E-state index >= 15 is 0 Å². The number of nitrogens with zero attached hydrogens (tertiary/aromatic N) is 4. The van der Waals surface area contributed by atoms with Crippen LogP contribution >= 0.6 is 0 Å². The topological polar surface area (TPSA) is 92.9 Å². The first-order valence-electron chi connectivity index (χ1n) is 11.9. The van der Waals surface area contributed by atoms with Gasteiger partial charge in [-0.05, 0) is 47.4 Å². The minimum atomic E-state index is -0.729. The van der Waals surface area contributed by atoms with Gasteiger partial charge in [0.15, 0.2) is 0 Å². The molecule has 7 heteroatoms. The van der Waals surface area contributed by atoms with Crippen LogP contribution in [0.15, 0.2) is 67.1 Å². The van der Waals surface area contributed by atoms with E-state index in [0.717, 1.165) is 45.7 Å². The second-order valence-corrected chi connectivity index (χ2v) is 9.69. The van der Waals surface area contributed by atoms with Crippen molar-refractivity contribution in [3.63, 3.8) is 0 Å². The first-order chi connectivity index (χ1) is 16.9. The van der Waals surface area contributed by atoms with Crippen LogP contribution in [-0.4, -0.2) is 30.8 Å². The molecule has 0 saturated heterocycles. The number of nitrogens with one attached hydrogen (secondary N) is 1. The Morgan fingerprint density at radius 1 is 1.00 bits per heavy atom. The summed E-state index contributed by atoms with van der Waals surface area (Å²) >= 11 is 0. The van der Waals surface area contributed by atoms with E-state index in [9.17, 15) is 9.90 Å². The lowest BCUT2D eigenvalue weighted by molar-refractivity contribution is -0.140. The summed E-state index contributed by atoms with van der Waals surface area (Å²) in [7, 11) is 1.90. The van der Waals surface area contributed by atoms with Gasteiger partial charge in [0.2, 0.25) is 0 Å². The molecule has 7 nitrogen and oxygen atoms in total. The van der Waals surface area contributed by atoms with Crippen LogP contribution in [0.1, 0.15) is 37.9 Å². The SMILES string of the molecule is CC(C)Cc1cncc(Nc2c(-c3ccc(-c4ccc(C5(C(=O)O)CC5)cc4)cc3)cnn2C)n1. The van der Waals surface area contributed by atoms with Gasteiger partial charge in [-0.2, -0.15) is 5.10 Å². The van der Waals surface area contributed by atoms with Crippen molar-refractivity contribution in [2.24, 2.45) is 13.0 Å². The molecule has 0 unspecified atom stereocenters. The van der Waals surface area contributed by atoms with Gasteiger partial charge in [-0.3, -0.25) is 14.5 Å². The molecule has 0 bridgehead atoms. The quantitative estimate of drug-likeness (QED) is 0.350. The van der Waals surface area contributed by atoms with Crippen molar-refractivity contribution < 1.29 is 9.90 Å². The summed E-state index contributed by atoms with van der Waals surface area (Å²) in [6.45, 7) is 4.33. The van der Waals surface area contributed by atoms with Crippen molar-refractivity contribution in [2.45, 2.75) is 38.5 Å². The Balaban J connectivity index is 1.36. The highest BCUT2D eigenvalue weighted by molar-refractivity contribution is 5.85. The van der Waals surface area contributed by atoms with Crippen LogP contribution in [0.25, 0.3) is 22.3 Å². The Hall–Kier alpha value is -4.00. The lowest BCUT2D eigenvalue weighted by atomic mass is 9.93. The van der Waals surface area contributed by atoms with Gasteiger partial charge in [0.05, 0.1) is 23.5 Å². The number of carboxylic acid groups (broad SMARTS) is 1. The Bertz CT molecular complexity index is 1350. The van der Waals surface area contributed by atoms with Crippen molar-refractivity contribution in [1.82, 2.24) is 19.7 Å². The van der Waals surface area contributed by atoms with E-state index in [0.29, 0.717) is 24.6 Å². The van der Waals surface area contributed by atoms with Crippen molar-refractivity contribution in [2.75, 3.05) is 5.32 Å². The number of benzene rings is 2. The van der Waals surface area contributed by atoms with Crippen LogP contribution in [0.5, 0.6) is 0 Å². The van der Waals surface area contributed by atoms with E-state index in [1.165, 1.54) is 0 Å². The molecule has 1 aliphatic rings. The molecule has 1 fully saturated rings. The largest absolute Gasteiger partial charge is 0.481 e. The number of carbonyl (C=O) groups is 1. The van der Waals surface area contributed by atoms with Crippen LogP contribution in [0.3, 0.4) is 0 Å².